The lowest BCUT2D eigenvalue weighted by Gasteiger charge is -2.23. The summed E-state index contributed by atoms with van der Waals surface area (Å²) in [5, 5.41) is 15.0. The van der Waals surface area contributed by atoms with Crippen molar-refractivity contribution >= 4 is 22.5 Å². The molecule has 28 heavy (non-hydrogen) atoms. The highest BCUT2D eigenvalue weighted by Crippen LogP contribution is 2.11. The molecule has 0 aliphatic heterocycles. The first-order valence-corrected chi connectivity index (χ1v) is 9.09. The number of hydrogen-bond acceptors (Lipinski definition) is 6. The summed E-state index contributed by atoms with van der Waals surface area (Å²) in [4.78, 5) is 20.0. The number of nitro groups is 1. The Balaban J connectivity index is 0.000000233. The molecule has 0 amide bonds. The van der Waals surface area contributed by atoms with Gasteiger partial charge in [0.1, 0.15) is 5.15 Å². The summed E-state index contributed by atoms with van der Waals surface area (Å²) >= 11 is 5.70. The molecule has 0 aliphatic rings. The molecule has 1 N–H and O–H groups in total. The highest BCUT2D eigenvalue weighted by Gasteiger charge is 2.11. The fourth-order valence-electron chi connectivity index (χ4n) is 2.51. The normalized spacial score (nSPS) is 10.8. The first-order valence-electron chi connectivity index (χ1n) is 8.71. The maximum absolute atomic E-state index is 10.5. The Morgan fingerprint density at radius 2 is 1.96 bits per heavy atom. The van der Waals surface area contributed by atoms with Gasteiger partial charge in [0.25, 0.3) is 6.20 Å². The fraction of sp³-hybridized carbons (Fsp3) is 0.200. The van der Waals surface area contributed by atoms with Gasteiger partial charge in [0.05, 0.1) is 10.4 Å². The van der Waals surface area contributed by atoms with E-state index in [1.54, 1.807) is 19.3 Å². The van der Waals surface area contributed by atoms with E-state index in [1.165, 1.54) is 5.39 Å². The van der Waals surface area contributed by atoms with Gasteiger partial charge in [0.2, 0.25) is 0 Å². The van der Waals surface area contributed by atoms with Crippen molar-refractivity contribution in [2.45, 2.75) is 13.5 Å². The minimum Gasteiger partial charge on any atom is -0.370 e. The number of para-hydroxylation sites is 1. The average molecular weight is 400 g/mol. The quantitative estimate of drug-likeness (QED) is 0.382. The lowest BCUT2D eigenvalue weighted by molar-refractivity contribution is -0.404. The van der Waals surface area contributed by atoms with Gasteiger partial charge in [0.15, 0.2) is 5.82 Å². The maximum atomic E-state index is 10.5. The number of benzene rings is 1. The van der Waals surface area contributed by atoms with E-state index < -0.39 is 4.92 Å². The van der Waals surface area contributed by atoms with E-state index in [-0.39, 0.29) is 0 Å². The van der Waals surface area contributed by atoms with Crippen LogP contribution in [0.3, 0.4) is 0 Å². The van der Waals surface area contributed by atoms with Gasteiger partial charge in [-0.3, -0.25) is 15.1 Å². The number of pyridine rings is 2. The van der Waals surface area contributed by atoms with Crippen molar-refractivity contribution in [1.29, 1.82) is 0 Å². The van der Waals surface area contributed by atoms with Crippen LogP contribution in [0.15, 0.2) is 72.9 Å². The molecule has 0 spiro atoms. The van der Waals surface area contributed by atoms with E-state index in [9.17, 15) is 10.1 Å². The predicted molar refractivity (Wildman–Crippen MR) is 111 cm³/mol. The van der Waals surface area contributed by atoms with Crippen molar-refractivity contribution in [3.05, 3.63) is 93.8 Å². The van der Waals surface area contributed by atoms with Crippen LogP contribution in [-0.4, -0.2) is 33.4 Å². The molecule has 8 heteroatoms. The molecule has 0 bridgehead atoms. The second kappa shape index (κ2) is 10.8. The molecule has 3 rings (SSSR count). The minimum atomic E-state index is -0.478. The third-order valence-corrected chi connectivity index (χ3v) is 4.10. The lowest BCUT2D eigenvalue weighted by Crippen LogP contribution is -2.30. The second-order valence-corrected chi connectivity index (χ2v) is 6.14. The van der Waals surface area contributed by atoms with Crippen LogP contribution < -0.4 is 5.32 Å². The molecule has 1 aromatic carbocycles. The monoisotopic (exact) mass is 399 g/mol. The molecule has 7 nitrogen and oxygen atoms in total. The highest BCUT2D eigenvalue weighted by molar-refractivity contribution is 6.29. The predicted octanol–water partition coefficient (Wildman–Crippen LogP) is 4.09. The molecule has 146 valence electrons. The number of nitrogens with one attached hydrogen (secondary N) is 1. The van der Waals surface area contributed by atoms with Gasteiger partial charge in [-0.1, -0.05) is 41.9 Å². The maximum Gasteiger partial charge on any atom is 0.274 e. The van der Waals surface area contributed by atoms with Crippen LogP contribution in [0.2, 0.25) is 5.15 Å². The van der Waals surface area contributed by atoms with Gasteiger partial charge in [-0.05, 0) is 30.7 Å². The van der Waals surface area contributed by atoms with E-state index in [0.717, 1.165) is 17.3 Å². The van der Waals surface area contributed by atoms with Gasteiger partial charge in [-0.25, -0.2) is 4.98 Å². The SMILES string of the molecule is CCN(Cc1ccc(Cl)nc1)C(=C[N+](=O)[O-])NC.c1ccc2ncccc2c1. The molecule has 0 atom stereocenters. The molecule has 2 aromatic heterocycles. The highest BCUT2D eigenvalue weighted by atomic mass is 35.5. The third kappa shape index (κ3) is 6.51. The second-order valence-electron chi connectivity index (χ2n) is 5.75. The standard InChI is InChI=1S/C11H15ClN4O2.C9H7N/c1-3-15(11(13-2)8-16(17)18)7-9-4-5-10(12)14-6-9;1-2-6-9-8(4-1)5-3-7-10-9/h4-6,8,13H,3,7H2,1-2H3;1-7H. The van der Waals surface area contributed by atoms with E-state index in [4.69, 9.17) is 11.6 Å². The molecule has 3 aromatic rings. The molecule has 2 heterocycles. The average Bonchev–Trinajstić information content (AvgIpc) is 2.72. The summed E-state index contributed by atoms with van der Waals surface area (Å²) in [5.41, 5.74) is 2.00. The van der Waals surface area contributed by atoms with Crippen LogP contribution in [0.5, 0.6) is 0 Å². The number of fused-ring (bicyclic) bond motifs is 1. The minimum absolute atomic E-state index is 0.427. The summed E-state index contributed by atoms with van der Waals surface area (Å²) in [7, 11) is 1.65. The largest absolute Gasteiger partial charge is 0.370 e. The van der Waals surface area contributed by atoms with Crippen molar-refractivity contribution in [2.24, 2.45) is 0 Å². The zero-order chi connectivity index (χ0) is 20.4. The van der Waals surface area contributed by atoms with Gasteiger partial charge < -0.3 is 10.2 Å². The first kappa shape index (κ1) is 21.1. The van der Waals surface area contributed by atoms with E-state index in [0.29, 0.717) is 24.1 Å². The Kier molecular flexibility index (Phi) is 8.17. The Morgan fingerprint density at radius 3 is 2.57 bits per heavy atom. The van der Waals surface area contributed by atoms with Crippen molar-refractivity contribution in [3.8, 4) is 0 Å². The number of rotatable bonds is 6. The molecule has 0 aliphatic carbocycles. The van der Waals surface area contributed by atoms with Gasteiger partial charge in [-0.15, -0.1) is 0 Å². The Bertz CT molecular complexity index is 866. The van der Waals surface area contributed by atoms with Crippen molar-refractivity contribution < 1.29 is 4.92 Å². The van der Waals surface area contributed by atoms with E-state index in [2.05, 4.69) is 27.4 Å². The van der Waals surface area contributed by atoms with Crippen molar-refractivity contribution in [2.75, 3.05) is 13.6 Å². The number of halogens is 1. The number of nitrogens with zero attached hydrogens (tertiary/aromatic N) is 4. The summed E-state index contributed by atoms with van der Waals surface area (Å²) in [5.74, 6) is 0.456. The Morgan fingerprint density at radius 1 is 1.21 bits per heavy atom. The molecule has 0 radical (unpaired) electrons. The van der Waals surface area contributed by atoms with E-state index >= 15 is 0 Å². The molecule has 0 saturated heterocycles. The lowest BCUT2D eigenvalue weighted by atomic mass is 10.2. The number of hydrogen-bond donors (Lipinski definition) is 1. The zero-order valence-electron chi connectivity index (χ0n) is 15.7. The topological polar surface area (TPSA) is 84.2 Å². The Labute approximate surface area is 168 Å². The fourth-order valence-corrected chi connectivity index (χ4v) is 2.62. The zero-order valence-corrected chi connectivity index (χ0v) is 16.5. The van der Waals surface area contributed by atoms with Gasteiger partial charge >= 0.3 is 0 Å². The van der Waals surface area contributed by atoms with Gasteiger partial charge in [0, 0.05) is 37.9 Å². The molecule has 0 unspecified atom stereocenters. The summed E-state index contributed by atoms with van der Waals surface area (Å²) in [6.45, 7) is 3.10. The smallest absolute Gasteiger partial charge is 0.274 e. The van der Waals surface area contributed by atoms with Crippen LogP contribution in [0, 0.1) is 10.1 Å². The van der Waals surface area contributed by atoms with Crippen molar-refractivity contribution in [1.82, 2.24) is 20.2 Å². The van der Waals surface area contributed by atoms with Crippen molar-refractivity contribution in [3.63, 3.8) is 0 Å². The molecule has 0 fully saturated rings. The summed E-state index contributed by atoms with van der Waals surface area (Å²) < 4.78 is 0. The molecular formula is C20H22ClN5O2. The third-order valence-electron chi connectivity index (χ3n) is 3.88. The van der Waals surface area contributed by atoms with E-state index in [1.807, 2.05) is 48.4 Å². The van der Waals surface area contributed by atoms with Gasteiger partial charge in [-0.2, -0.15) is 0 Å². The molecular weight excluding hydrogens is 378 g/mol. The van der Waals surface area contributed by atoms with Crippen LogP contribution in [0.25, 0.3) is 10.9 Å². The molecule has 0 saturated carbocycles. The van der Waals surface area contributed by atoms with Crippen LogP contribution in [-0.2, 0) is 6.54 Å². The summed E-state index contributed by atoms with van der Waals surface area (Å²) in [6, 6.07) is 15.6. The van der Waals surface area contributed by atoms with Crippen LogP contribution in [0.4, 0.5) is 0 Å². The number of aromatic nitrogens is 2. The Hall–Kier alpha value is -3.19. The summed E-state index contributed by atoms with van der Waals surface area (Å²) in [6.07, 6.45) is 4.42. The first-order chi connectivity index (χ1) is 13.5. The van der Waals surface area contributed by atoms with Crippen LogP contribution in [0.1, 0.15) is 12.5 Å². The van der Waals surface area contributed by atoms with Crippen LogP contribution >= 0.6 is 11.6 Å².